The standard InChI is InChI=1S/C13H14O4/c1-16-12(14)10-5-9(8-3-4-8)6-11(7-10)13(15)17-2/h5-8H,3-4H2,1-2H3. The summed E-state index contributed by atoms with van der Waals surface area (Å²) in [4.78, 5) is 23.0. The van der Waals surface area contributed by atoms with Crippen LogP contribution in [-0.2, 0) is 9.47 Å². The predicted octanol–water partition coefficient (Wildman–Crippen LogP) is 2.14. The highest BCUT2D eigenvalue weighted by molar-refractivity contribution is 5.95. The molecule has 0 bridgehead atoms. The quantitative estimate of drug-likeness (QED) is 0.752. The summed E-state index contributed by atoms with van der Waals surface area (Å²) in [6.45, 7) is 0. The van der Waals surface area contributed by atoms with Crippen molar-refractivity contribution in [1.82, 2.24) is 0 Å². The van der Waals surface area contributed by atoms with Crippen LogP contribution < -0.4 is 0 Å². The number of carbonyl (C=O) groups is 2. The van der Waals surface area contributed by atoms with Crippen molar-refractivity contribution in [3.63, 3.8) is 0 Å². The molecule has 0 N–H and O–H groups in total. The van der Waals surface area contributed by atoms with Gasteiger partial charge in [-0.15, -0.1) is 0 Å². The van der Waals surface area contributed by atoms with Gasteiger partial charge >= 0.3 is 11.9 Å². The molecule has 1 aromatic rings. The molecule has 0 aliphatic heterocycles. The Hall–Kier alpha value is -1.84. The van der Waals surface area contributed by atoms with E-state index < -0.39 is 11.9 Å². The van der Waals surface area contributed by atoms with Crippen LogP contribution >= 0.6 is 0 Å². The second-order valence-electron chi connectivity index (χ2n) is 4.10. The number of hydrogen-bond donors (Lipinski definition) is 0. The van der Waals surface area contributed by atoms with Crippen LogP contribution in [0.5, 0.6) is 0 Å². The van der Waals surface area contributed by atoms with E-state index in [2.05, 4.69) is 9.47 Å². The fourth-order valence-electron chi connectivity index (χ4n) is 1.78. The summed E-state index contributed by atoms with van der Waals surface area (Å²) in [6, 6.07) is 5.08. The van der Waals surface area contributed by atoms with Gasteiger partial charge in [0.15, 0.2) is 0 Å². The zero-order chi connectivity index (χ0) is 12.4. The van der Waals surface area contributed by atoms with E-state index in [4.69, 9.17) is 0 Å². The molecular formula is C13H14O4. The summed E-state index contributed by atoms with van der Waals surface area (Å²) >= 11 is 0. The summed E-state index contributed by atoms with van der Waals surface area (Å²) in [5.74, 6) is -0.404. The highest BCUT2D eigenvalue weighted by Gasteiger charge is 2.26. The Morgan fingerprint density at radius 2 is 1.47 bits per heavy atom. The van der Waals surface area contributed by atoms with E-state index in [0.29, 0.717) is 17.0 Å². The van der Waals surface area contributed by atoms with Crippen LogP contribution in [0.3, 0.4) is 0 Å². The fraction of sp³-hybridized carbons (Fsp3) is 0.385. The van der Waals surface area contributed by atoms with E-state index in [0.717, 1.165) is 18.4 Å². The van der Waals surface area contributed by atoms with Crippen molar-refractivity contribution in [2.45, 2.75) is 18.8 Å². The Balaban J connectivity index is 2.41. The molecule has 4 heteroatoms. The van der Waals surface area contributed by atoms with E-state index in [-0.39, 0.29) is 0 Å². The molecule has 4 nitrogen and oxygen atoms in total. The predicted molar refractivity (Wildman–Crippen MR) is 61.1 cm³/mol. The molecule has 0 saturated heterocycles. The molecule has 0 aromatic heterocycles. The zero-order valence-corrected chi connectivity index (χ0v) is 9.86. The van der Waals surface area contributed by atoms with Gasteiger partial charge in [-0.05, 0) is 42.5 Å². The summed E-state index contributed by atoms with van der Waals surface area (Å²) in [6.07, 6.45) is 2.20. The highest BCUT2D eigenvalue weighted by Crippen LogP contribution is 2.40. The van der Waals surface area contributed by atoms with Crippen molar-refractivity contribution in [2.75, 3.05) is 14.2 Å². The van der Waals surface area contributed by atoms with Gasteiger partial charge in [0, 0.05) is 0 Å². The molecule has 0 amide bonds. The first-order valence-electron chi connectivity index (χ1n) is 5.47. The Morgan fingerprint density at radius 3 is 1.82 bits per heavy atom. The molecule has 1 aliphatic rings. The van der Waals surface area contributed by atoms with Gasteiger partial charge in [-0.2, -0.15) is 0 Å². The Kier molecular flexibility index (Phi) is 3.13. The van der Waals surface area contributed by atoms with Crippen molar-refractivity contribution in [2.24, 2.45) is 0 Å². The monoisotopic (exact) mass is 234 g/mol. The Labute approximate surface area is 99.5 Å². The first-order valence-corrected chi connectivity index (χ1v) is 5.47. The fourth-order valence-corrected chi connectivity index (χ4v) is 1.78. The maximum absolute atomic E-state index is 11.5. The van der Waals surface area contributed by atoms with Crippen LogP contribution in [0.4, 0.5) is 0 Å². The average Bonchev–Trinajstić information content (AvgIpc) is 3.20. The molecule has 0 heterocycles. The summed E-state index contributed by atoms with van der Waals surface area (Å²) in [7, 11) is 2.65. The van der Waals surface area contributed by atoms with Gasteiger partial charge in [0.25, 0.3) is 0 Å². The maximum Gasteiger partial charge on any atom is 0.337 e. The van der Waals surface area contributed by atoms with E-state index >= 15 is 0 Å². The third kappa shape index (κ3) is 2.46. The molecule has 1 fully saturated rings. The number of carbonyl (C=O) groups excluding carboxylic acids is 2. The van der Waals surface area contributed by atoms with Crippen molar-refractivity contribution < 1.29 is 19.1 Å². The molecule has 0 atom stereocenters. The van der Waals surface area contributed by atoms with E-state index in [1.165, 1.54) is 20.3 Å². The minimum Gasteiger partial charge on any atom is -0.465 e. The molecule has 1 saturated carbocycles. The van der Waals surface area contributed by atoms with E-state index in [9.17, 15) is 9.59 Å². The van der Waals surface area contributed by atoms with Gasteiger partial charge in [0.2, 0.25) is 0 Å². The molecule has 0 spiro atoms. The first kappa shape index (κ1) is 11.6. The van der Waals surface area contributed by atoms with Gasteiger partial charge in [0.1, 0.15) is 0 Å². The summed E-state index contributed by atoms with van der Waals surface area (Å²) < 4.78 is 9.34. The minimum atomic E-state index is -0.433. The normalized spacial score (nSPS) is 14.2. The van der Waals surface area contributed by atoms with Crippen LogP contribution in [0.2, 0.25) is 0 Å². The molecule has 0 radical (unpaired) electrons. The lowest BCUT2D eigenvalue weighted by Crippen LogP contribution is -2.07. The Morgan fingerprint density at radius 1 is 1.00 bits per heavy atom. The SMILES string of the molecule is COC(=O)c1cc(C(=O)OC)cc(C2CC2)c1. The van der Waals surface area contributed by atoms with Crippen LogP contribution in [0.1, 0.15) is 45.0 Å². The average molecular weight is 234 g/mol. The molecule has 90 valence electrons. The van der Waals surface area contributed by atoms with Crippen LogP contribution in [0.25, 0.3) is 0 Å². The molecule has 0 unspecified atom stereocenters. The second-order valence-corrected chi connectivity index (χ2v) is 4.10. The number of hydrogen-bond acceptors (Lipinski definition) is 4. The molecule has 2 rings (SSSR count). The number of methoxy groups -OCH3 is 2. The molecule has 1 aliphatic carbocycles. The zero-order valence-electron chi connectivity index (χ0n) is 9.86. The largest absolute Gasteiger partial charge is 0.465 e. The lowest BCUT2D eigenvalue weighted by molar-refractivity contribution is 0.0599. The number of ether oxygens (including phenoxy) is 2. The van der Waals surface area contributed by atoms with Crippen molar-refractivity contribution in [3.05, 3.63) is 34.9 Å². The number of benzene rings is 1. The third-order valence-corrected chi connectivity index (χ3v) is 2.85. The van der Waals surface area contributed by atoms with Crippen LogP contribution in [-0.4, -0.2) is 26.2 Å². The van der Waals surface area contributed by atoms with Gasteiger partial charge in [0.05, 0.1) is 25.3 Å². The van der Waals surface area contributed by atoms with Crippen molar-refractivity contribution in [1.29, 1.82) is 0 Å². The molecular weight excluding hydrogens is 220 g/mol. The second kappa shape index (κ2) is 4.57. The third-order valence-electron chi connectivity index (χ3n) is 2.85. The first-order chi connectivity index (χ1) is 8.15. The highest BCUT2D eigenvalue weighted by atomic mass is 16.5. The van der Waals surface area contributed by atoms with E-state index in [1.807, 2.05) is 0 Å². The maximum atomic E-state index is 11.5. The molecule has 1 aromatic carbocycles. The Bertz CT molecular complexity index is 426. The smallest absolute Gasteiger partial charge is 0.337 e. The van der Waals surface area contributed by atoms with E-state index in [1.54, 1.807) is 12.1 Å². The van der Waals surface area contributed by atoms with Crippen LogP contribution in [0, 0.1) is 0 Å². The minimum absolute atomic E-state index is 0.400. The summed E-state index contributed by atoms with van der Waals surface area (Å²) in [5.41, 5.74) is 1.81. The number of esters is 2. The van der Waals surface area contributed by atoms with Gasteiger partial charge in [-0.1, -0.05) is 0 Å². The molecule has 17 heavy (non-hydrogen) atoms. The van der Waals surface area contributed by atoms with Gasteiger partial charge < -0.3 is 9.47 Å². The van der Waals surface area contributed by atoms with Crippen LogP contribution in [0.15, 0.2) is 18.2 Å². The lowest BCUT2D eigenvalue weighted by atomic mass is 10.0. The topological polar surface area (TPSA) is 52.6 Å². The van der Waals surface area contributed by atoms with Crippen molar-refractivity contribution >= 4 is 11.9 Å². The van der Waals surface area contributed by atoms with Crippen molar-refractivity contribution in [3.8, 4) is 0 Å². The van der Waals surface area contributed by atoms with Gasteiger partial charge in [-0.3, -0.25) is 0 Å². The summed E-state index contributed by atoms with van der Waals surface area (Å²) in [5, 5.41) is 0. The van der Waals surface area contributed by atoms with Gasteiger partial charge in [-0.25, -0.2) is 9.59 Å². The number of rotatable bonds is 3. The lowest BCUT2D eigenvalue weighted by Gasteiger charge is -2.06.